The lowest BCUT2D eigenvalue weighted by molar-refractivity contribution is 0.323. The maximum atomic E-state index is 4.03. The average molecular weight is 249 g/mol. The van der Waals surface area contributed by atoms with Crippen molar-refractivity contribution in [2.24, 2.45) is 5.92 Å². The standard InChI is InChI=1S/C15H27N3/c1-14(2)5-4-8-16-11-12-18(3)13-15-6-9-17-10-7-15/h6-7,9-10,14,16H,4-5,8,11-13H2,1-3H3. The predicted octanol–water partition coefficient (Wildman–Crippen LogP) is 2.54. The molecule has 0 aliphatic rings. The zero-order valence-corrected chi connectivity index (χ0v) is 12.0. The molecule has 1 aromatic rings. The van der Waals surface area contributed by atoms with Gasteiger partial charge >= 0.3 is 0 Å². The van der Waals surface area contributed by atoms with Crippen LogP contribution in [-0.4, -0.2) is 36.6 Å². The lowest BCUT2D eigenvalue weighted by Gasteiger charge is -2.17. The summed E-state index contributed by atoms with van der Waals surface area (Å²) in [6, 6.07) is 4.15. The van der Waals surface area contributed by atoms with Crippen molar-refractivity contribution in [3.63, 3.8) is 0 Å². The summed E-state index contributed by atoms with van der Waals surface area (Å²) in [4.78, 5) is 6.37. The van der Waals surface area contributed by atoms with Crippen molar-refractivity contribution < 1.29 is 0 Å². The molecule has 1 N–H and O–H groups in total. The lowest BCUT2D eigenvalue weighted by atomic mass is 10.1. The van der Waals surface area contributed by atoms with E-state index in [0.29, 0.717) is 0 Å². The van der Waals surface area contributed by atoms with Crippen LogP contribution in [0.5, 0.6) is 0 Å². The second kappa shape index (κ2) is 9.06. The Kier molecular flexibility index (Phi) is 7.62. The Bertz CT molecular complexity index is 298. The van der Waals surface area contributed by atoms with Crippen molar-refractivity contribution in [1.82, 2.24) is 15.2 Å². The fraction of sp³-hybridized carbons (Fsp3) is 0.667. The van der Waals surface area contributed by atoms with Gasteiger partial charge in [0.25, 0.3) is 0 Å². The van der Waals surface area contributed by atoms with Crippen LogP contribution >= 0.6 is 0 Å². The highest BCUT2D eigenvalue weighted by Crippen LogP contribution is 2.02. The fourth-order valence-electron chi connectivity index (χ4n) is 1.91. The van der Waals surface area contributed by atoms with Gasteiger partial charge in [0.1, 0.15) is 0 Å². The number of nitrogens with one attached hydrogen (secondary N) is 1. The molecule has 1 rings (SSSR count). The first-order valence-electron chi connectivity index (χ1n) is 6.96. The largest absolute Gasteiger partial charge is 0.315 e. The molecular formula is C15H27N3. The Morgan fingerprint density at radius 2 is 1.94 bits per heavy atom. The minimum atomic E-state index is 0.821. The van der Waals surface area contributed by atoms with Crippen LogP contribution in [0.1, 0.15) is 32.3 Å². The molecule has 0 aliphatic heterocycles. The number of hydrogen-bond acceptors (Lipinski definition) is 3. The van der Waals surface area contributed by atoms with E-state index in [1.807, 2.05) is 12.4 Å². The van der Waals surface area contributed by atoms with Crippen LogP contribution in [0.15, 0.2) is 24.5 Å². The first-order chi connectivity index (χ1) is 8.68. The van der Waals surface area contributed by atoms with E-state index < -0.39 is 0 Å². The van der Waals surface area contributed by atoms with Crippen LogP contribution in [0, 0.1) is 5.92 Å². The SMILES string of the molecule is CC(C)CCCNCCN(C)Cc1ccncc1. The normalized spacial score (nSPS) is 11.4. The zero-order chi connectivity index (χ0) is 13.2. The van der Waals surface area contributed by atoms with Gasteiger partial charge in [0.15, 0.2) is 0 Å². The molecule has 18 heavy (non-hydrogen) atoms. The van der Waals surface area contributed by atoms with E-state index in [4.69, 9.17) is 0 Å². The van der Waals surface area contributed by atoms with Gasteiger partial charge in [0.2, 0.25) is 0 Å². The molecule has 0 unspecified atom stereocenters. The number of likely N-dealkylation sites (N-methyl/N-ethyl adjacent to an activating group) is 1. The molecule has 0 saturated heterocycles. The molecule has 0 saturated carbocycles. The van der Waals surface area contributed by atoms with Crippen LogP contribution in [0.25, 0.3) is 0 Å². The van der Waals surface area contributed by atoms with Gasteiger partial charge in [0.05, 0.1) is 0 Å². The first kappa shape index (κ1) is 15.1. The van der Waals surface area contributed by atoms with E-state index in [1.54, 1.807) is 0 Å². The van der Waals surface area contributed by atoms with Gasteiger partial charge in [-0.3, -0.25) is 4.98 Å². The van der Waals surface area contributed by atoms with Crippen LogP contribution in [0.4, 0.5) is 0 Å². The van der Waals surface area contributed by atoms with Crippen molar-refractivity contribution in [3.05, 3.63) is 30.1 Å². The Morgan fingerprint density at radius 1 is 1.22 bits per heavy atom. The molecule has 1 heterocycles. The number of rotatable bonds is 9. The highest BCUT2D eigenvalue weighted by atomic mass is 15.1. The summed E-state index contributed by atoms with van der Waals surface area (Å²) < 4.78 is 0. The molecule has 0 amide bonds. The van der Waals surface area contributed by atoms with Crippen molar-refractivity contribution >= 4 is 0 Å². The molecule has 0 spiro atoms. The van der Waals surface area contributed by atoms with Gasteiger partial charge in [-0.2, -0.15) is 0 Å². The van der Waals surface area contributed by atoms with Crippen LogP contribution in [-0.2, 0) is 6.54 Å². The molecule has 0 fully saturated rings. The van der Waals surface area contributed by atoms with Crippen LogP contribution in [0.2, 0.25) is 0 Å². The third kappa shape index (κ3) is 7.41. The summed E-state index contributed by atoms with van der Waals surface area (Å²) in [5, 5.41) is 3.50. The van der Waals surface area contributed by atoms with E-state index in [1.165, 1.54) is 18.4 Å². The molecule has 0 aromatic carbocycles. The Hall–Kier alpha value is -0.930. The minimum absolute atomic E-state index is 0.821. The Morgan fingerprint density at radius 3 is 2.61 bits per heavy atom. The number of nitrogens with zero attached hydrogens (tertiary/aromatic N) is 2. The third-order valence-corrected chi connectivity index (χ3v) is 3.01. The molecular weight excluding hydrogens is 222 g/mol. The van der Waals surface area contributed by atoms with Crippen molar-refractivity contribution in [1.29, 1.82) is 0 Å². The van der Waals surface area contributed by atoms with Gasteiger partial charge < -0.3 is 10.2 Å². The molecule has 0 bridgehead atoms. The molecule has 3 nitrogen and oxygen atoms in total. The van der Waals surface area contributed by atoms with Gasteiger partial charge in [-0.05, 0) is 50.0 Å². The topological polar surface area (TPSA) is 28.2 Å². The number of aromatic nitrogens is 1. The van der Waals surface area contributed by atoms with E-state index in [-0.39, 0.29) is 0 Å². The maximum Gasteiger partial charge on any atom is 0.0271 e. The lowest BCUT2D eigenvalue weighted by Crippen LogP contribution is -2.29. The van der Waals surface area contributed by atoms with Crippen molar-refractivity contribution in [2.45, 2.75) is 33.2 Å². The smallest absolute Gasteiger partial charge is 0.0271 e. The molecule has 0 aliphatic carbocycles. The minimum Gasteiger partial charge on any atom is -0.315 e. The molecule has 102 valence electrons. The fourth-order valence-corrected chi connectivity index (χ4v) is 1.91. The maximum absolute atomic E-state index is 4.03. The monoisotopic (exact) mass is 249 g/mol. The number of pyridine rings is 1. The highest BCUT2D eigenvalue weighted by Gasteiger charge is 1.99. The van der Waals surface area contributed by atoms with Gasteiger partial charge in [-0.25, -0.2) is 0 Å². The number of hydrogen-bond donors (Lipinski definition) is 1. The van der Waals surface area contributed by atoms with E-state index in [2.05, 4.69) is 48.2 Å². The molecule has 0 radical (unpaired) electrons. The summed E-state index contributed by atoms with van der Waals surface area (Å²) in [6.07, 6.45) is 6.31. The quantitative estimate of drug-likeness (QED) is 0.682. The summed E-state index contributed by atoms with van der Waals surface area (Å²) in [5.74, 6) is 0.821. The summed E-state index contributed by atoms with van der Waals surface area (Å²) in [6.45, 7) is 8.85. The highest BCUT2D eigenvalue weighted by molar-refractivity contribution is 5.09. The van der Waals surface area contributed by atoms with E-state index >= 15 is 0 Å². The van der Waals surface area contributed by atoms with Crippen molar-refractivity contribution in [3.8, 4) is 0 Å². The van der Waals surface area contributed by atoms with Gasteiger partial charge in [-0.1, -0.05) is 13.8 Å². The second-order valence-corrected chi connectivity index (χ2v) is 5.38. The Balaban J connectivity index is 2.02. The van der Waals surface area contributed by atoms with Crippen LogP contribution in [0.3, 0.4) is 0 Å². The molecule has 3 heteroatoms. The van der Waals surface area contributed by atoms with E-state index in [0.717, 1.165) is 32.1 Å². The zero-order valence-electron chi connectivity index (χ0n) is 12.0. The first-order valence-corrected chi connectivity index (χ1v) is 6.96. The average Bonchev–Trinajstić information content (AvgIpc) is 2.34. The molecule has 1 aromatic heterocycles. The van der Waals surface area contributed by atoms with Gasteiger partial charge in [0, 0.05) is 32.0 Å². The van der Waals surface area contributed by atoms with Gasteiger partial charge in [-0.15, -0.1) is 0 Å². The predicted molar refractivity (Wildman–Crippen MR) is 77.5 cm³/mol. The molecule has 0 atom stereocenters. The summed E-state index contributed by atoms with van der Waals surface area (Å²) in [5.41, 5.74) is 1.33. The summed E-state index contributed by atoms with van der Waals surface area (Å²) >= 11 is 0. The van der Waals surface area contributed by atoms with Crippen LogP contribution < -0.4 is 5.32 Å². The third-order valence-electron chi connectivity index (χ3n) is 3.01. The van der Waals surface area contributed by atoms with Crippen molar-refractivity contribution in [2.75, 3.05) is 26.7 Å². The Labute approximate surface area is 112 Å². The summed E-state index contributed by atoms with van der Waals surface area (Å²) in [7, 11) is 2.16. The second-order valence-electron chi connectivity index (χ2n) is 5.38. The van der Waals surface area contributed by atoms with E-state index in [9.17, 15) is 0 Å².